The molecular weight excluding hydrogens is 386 g/mol. The second-order valence-electron chi connectivity index (χ2n) is 7.15. The number of nitrogens with zero attached hydrogens (tertiary/aromatic N) is 4. The summed E-state index contributed by atoms with van der Waals surface area (Å²) in [5.74, 6) is -0.202. The van der Waals surface area contributed by atoms with E-state index in [4.69, 9.17) is 11.6 Å². The number of carbonyl (C=O) groups is 1. The third kappa shape index (κ3) is 4.60. The van der Waals surface area contributed by atoms with Crippen molar-refractivity contribution < 1.29 is 4.79 Å². The van der Waals surface area contributed by atoms with E-state index in [1.54, 1.807) is 4.68 Å². The van der Waals surface area contributed by atoms with Gasteiger partial charge >= 0.3 is 0 Å². The molecule has 2 aromatic heterocycles. The molecule has 154 valence electrons. The molecule has 0 unspecified atom stereocenters. The third-order valence-electron chi connectivity index (χ3n) is 5.16. The molecule has 3 rings (SSSR count). The maximum Gasteiger partial charge on any atom is 0.254 e. The van der Waals surface area contributed by atoms with Gasteiger partial charge in [0.2, 0.25) is 0 Å². The Kier molecular flexibility index (Phi) is 6.87. The lowest BCUT2D eigenvalue weighted by Crippen LogP contribution is -2.30. The molecule has 0 saturated heterocycles. The van der Waals surface area contributed by atoms with Crippen LogP contribution in [-0.4, -0.2) is 51.8 Å². The van der Waals surface area contributed by atoms with Crippen LogP contribution in [-0.2, 0) is 0 Å². The first-order valence-electron chi connectivity index (χ1n) is 10.1. The number of carbonyl (C=O) groups excluding carboxylic acids is 1. The highest BCUT2D eigenvalue weighted by atomic mass is 35.5. The van der Waals surface area contributed by atoms with Gasteiger partial charge < -0.3 is 10.2 Å². The Labute approximate surface area is 176 Å². The lowest BCUT2D eigenvalue weighted by atomic mass is 10.2. The van der Waals surface area contributed by atoms with Crippen LogP contribution in [0.4, 0.5) is 0 Å². The Morgan fingerprint density at radius 3 is 2.52 bits per heavy atom. The molecule has 0 bridgehead atoms. The van der Waals surface area contributed by atoms with E-state index in [1.807, 2.05) is 38.1 Å². The first kappa shape index (κ1) is 21.3. The average molecular weight is 414 g/mol. The van der Waals surface area contributed by atoms with Crippen molar-refractivity contribution in [2.45, 2.75) is 34.1 Å². The number of halogens is 1. The summed E-state index contributed by atoms with van der Waals surface area (Å²) in [6.07, 6.45) is 2.43. The highest BCUT2D eigenvalue weighted by Crippen LogP contribution is 2.30. The average Bonchev–Trinajstić information content (AvgIpc) is 3.06. The van der Waals surface area contributed by atoms with Gasteiger partial charge in [0.05, 0.1) is 27.4 Å². The van der Waals surface area contributed by atoms with Crippen LogP contribution in [0, 0.1) is 13.8 Å². The predicted octanol–water partition coefficient (Wildman–Crippen LogP) is 4.15. The summed E-state index contributed by atoms with van der Waals surface area (Å²) >= 11 is 6.61. The SMILES string of the molecule is CCN(CC)CCCNC(=O)c1cnc2c(c(C)nn2-c2ccc(C)cc2)c1Cl. The number of nitrogens with one attached hydrogen (secondary N) is 1. The van der Waals surface area contributed by atoms with E-state index in [2.05, 4.69) is 34.1 Å². The van der Waals surface area contributed by atoms with Gasteiger partial charge in [-0.2, -0.15) is 5.10 Å². The van der Waals surface area contributed by atoms with E-state index in [9.17, 15) is 4.79 Å². The van der Waals surface area contributed by atoms with Crippen molar-refractivity contribution in [3.05, 3.63) is 52.3 Å². The van der Waals surface area contributed by atoms with Gasteiger partial charge in [-0.3, -0.25) is 4.79 Å². The van der Waals surface area contributed by atoms with E-state index in [0.717, 1.165) is 37.4 Å². The van der Waals surface area contributed by atoms with Gasteiger partial charge in [0.25, 0.3) is 5.91 Å². The molecule has 6 nitrogen and oxygen atoms in total. The number of aromatic nitrogens is 3. The molecule has 1 N–H and O–H groups in total. The molecule has 1 aromatic carbocycles. The van der Waals surface area contributed by atoms with Gasteiger partial charge in [0.1, 0.15) is 0 Å². The second-order valence-corrected chi connectivity index (χ2v) is 7.53. The Morgan fingerprint density at radius 1 is 1.17 bits per heavy atom. The third-order valence-corrected chi connectivity index (χ3v) is 5.55. The molecule has 0 saturated carbocycles. The van der Waals surface area contributed by atoms with Crippen LogP contribution in [0.2, 0.25) is 5.02 Å². The number of aryl methyl sites for hydroxylation is 2. The Morgan fingerprint density at radius 2 is 1.86 bits per heavy atom. The largest absolute Gasteiger partial charge is 0.352 e. The molecule has 3 aromatic rings. The molecule has 0 aliphatic carbocycles. The van der Waals surface area contributed by atoms with Crippen LogP contribution >= 0.6 is 11.6 Å². The number of amides is 1. The van der Waals surface area contributed by atoms with E-state index >= 15 is 0 Å². The summed E-state index contributed by atoms with van der Waals surface area (Å²) in [5, 5.41) is 8.66. The van der Waals surface area contributed by atoms with Gasteiger partial charge in [-0.25, -0.2) is 9.67 Å². The van der Waals surface area contributed by atoms with Crippen LogP contribution < -0.4 is 5.32 Å². The highest BCUT2D eigenvalue weighted by Gasteiger charge is 2.19. The highest BCUT2D eigenvalue weighted by molar-refractivity contribution is 6.38. The van der Waals surface area contributed by atoms with E-state index in [-0.39, 0.29) is 5.91 Å². The Hall–Kier alpha value is -2.44. The monoisotopic (exact) mass is 413 g/mol. The lowest BCUT2D eigenvalue weighted by Gasteiger charge is -2.17. The number of hydrogen-bond acceptors (Lipinski definition) is 4. The minimum absolute atomic E-state index is 0.202. The number of pyridine rings is 1. The van der Waals surface area contributed by atoms with E-state index in [1.165, 1.54) is 11.8 Å². The van der Waals surface area contributed by atoms with Crippen LogP contribution in [0.15, 0.2) is 30.5 Å². The van der Waals surface area contributed by atoms with Crippen molar-refractivity contribution in [1.29, 1.82) is 0 Å². The summed E-state index contributed by atoms with van der Waals surface area (Å²) in [6, 6.07) is 8.04. The number of benzene rings is 1. The first-order chi connectivity index (χ1) is 14.0. The molecular formula is C22H28ClN5O. The first-order valence-corrected chi connectivity index (χ1v) is 10.5. The van der Waals surface area contributed by atoms with Crippen LogP contribution in [0.5, 0.6) is 0 Å². The van der Waals surface area contributed by atoms with Crippen LogP contribution in [0.3, 0.4) is 0 Å². The van der Waals surface area contributed by atoms with Gasteiger partial charge in [-0.1, -0.05) is 43.1 Å². The lowest BCUT2D eigenvalue weighted by molar-refractivity contribution is 0.0952. The minimum Gasteiger partial charge on any atom is -0.352 e. The quantitative estimate of drug-likeness (QED) is 0.563. The molecule has 0 spiro atoms. The smallest absolute Gasteiger partial charge is 0.254 e. The molecule has 0 atom stereocenters. The molecule has 29 heavy (non-hydrogen) atoms. The van der Waals surface area contributed by atoms with Gasteiger partial charge in [-0.05, 0) is 52.0 Å². The van der Waals surface area contributed by atoms with Crippen molar-refractivity contribution in [1.82, 2.24) is 25.0 Å². The fourth-order valence-electron chi connectivity index (χ4n) is 3.37. The number of hydrogen-bond donors (Lipinski definition) is 1. The predicted molar refractivity (Wildman–Crippen MR) is 118 cm³/mol. The zero-order chi connectivity index (χ0) is 21.0. The Bertz CT molecular complexity index is 993. The molecule has 2 heterocycles. The van der Waals surface area contributed by atoms with Gasteiger partial charge in [0.15, 0.2) is 5.65 Å². The minimum atomic E-state index is -0.202. The van der Waals surface area contributed by atoms with E-state index < -0.39 is 0 Å². The molecule has 0 aliphatic rings. The summed E-state index contributed by atoms with van der Waals surface area (Å²) in [6.45, 7) is 11.8. The Balaban J connectivity index is 1.80. The van der Waals surface area contributed by atoms with Crippen molar-refractivity contribution in [3.8, 4) is 5.69 Å². The molecule has 7 heteroatoms. The molecule has 0 aliphatic heterocycles. The van der Waals surface area contributed by atoms with Crippen LogP contribution in [0.25, 0.3) is 16.7 Å². The van der Waals surface area contributed by atoms with Crippen molar-refractivity contribution in [3.63, 3.8) is 0 Å². The number of fused-ring (bicyclic) bond motifs is 1. The standard InChI is InChI=1S/C22H28ClN5O/c1-5-27(6-2)13-7-12-24-22(29)18-14-25-21-19(20(18)23)16(4)26-28(21)17-10-8-15(3)9-11-17/h8-11,14H,5-7,12-13H2,1-4H3,(H,24,29). The van der Waals surface area contributed by atoms with Crippen molar-refractivity contribution in [2.24, 2.45) is 0 Å². The van der Waals surface area contributed by atoms with E-state index in [0.29, 0.717) is 28.2 Å². The zero-order valence-corrected chi connectivity index (χ0v) is 18.3. The fraction of sp³-hybridized carbons (Fsp3) is 0.409. The van der Waals surface area contributed by atoms with Gasteiger partial charge in [0, 0.05) is 12.7 Å². The number of rotatable bonds is 8. The van der Waals surface area contributed by atoms with Gasteiger partial charge in [-0.15, -0.1) is 0 Å². The summed E-state index contributed by atoms with van der Waals surface area (Å²) in [4.78, 5) is 19.5. The van der Waals surface area contributed by atoms with Crippen molar-refractivity contribution >= 4 is 28.5 Å². The maximum absolute atomic E-state index is 12.6. The second kappa shape index (κ2) is 9.37. The topological polar surface area (TPSA) is 63.1 Å². The zero-order valence-electron chi connectivity index (χ0n) is 17.5. The molecule has 0 radical (unpaired) electrons. The summed E-state index contributed by atoms with van der Waals surface area (Å²) in [5.41, 5.74) is 3.86. The molecule has 0 fully saturated rings. The normalized spacial score (nSPS) is 11.4. The summed E-state index contributed by atoms with van der Waals surface area (Å²) < 4.78 is 1.77. The maximum atomic E-state index is 12.6. The summed E-state index contributed by atoms with van der Waals surface area (Å²) in [7, 11) is 0. The fourth-order valence-corrected chi connectivity index (χ4v) is 3.73. The van der Waals surface area contributed by atoms with Crippen molar-refractivity contribution in [2.75, 3.05) is 26.2 Å². The molecule has 1 amide bonds. The van der Waals surface area contributed by atoms with Crippen LogP contribution in [0.1, 0.15) is 41.9 Å².